The van der Waals surface area contributed by atoms with Gasteiger partial charge < -0.3 is 10.2 Å². The number of nitrogens with one attached hydrogen (secondary N) is 2. The van der Waals surface area contributed by atoms with Crippen LogP contribution in [0.25, 0.3) is 6.08 Å². The monoisotopic (exact) mass is 447 g/mol. The number of benzene rings is 3. The van der Waals surface area contributed by atoms with Crippen LogP contribution in [0.5, 0.6) is 0 Å². The molecule has 0 bridgehead atoms. The lowest BCUT2D eigenvalue weighted by atomic mass is 10.1. The molecule has 0 spiro atoms. The van der Waals surface area contributed by atoms with E-state index in [0.717, 1.165) is 5.56 Å². The Hall–Kier alpha value is -3.84. The van der Waals surface area contributed by atoms with Crippen molar-refractivity contribution in [2.45, 2.75) is 6.54 Å². The molecule has 3 aromatic rings. The van der Waals surface area contributed by atoms with Gasteiger partial charge in [-0.3, -0.25) is 14.9 Å². The average Bonchev–Trinajstić information content (AvgIpc) is 2.79. The Morgan fingerprint density at radius 2 is 1.62 bits per heavy atom. The van der Waals surface area contributed by atoms with Crippen LogP contribution in [0, 0.1) is 5.82 Å². The lowest BCUT2D eigenvalue weighted by molar-refractivity contribution is -0.115. The number of halogens is 1. The van der Waals surface area contributed by atoms with Crippen LogP contribution in [-0.4, -0.2) is 28.9 Å². The molecule has 3 aromatic carbocycles. The summed E-state index contributed by atoms with van der Waals surface area (Å²) in [4.78, 5) is 26.7. The zero-order valence-corrected chi connectivity index (χ0v) is 18.2. The molecule has 2 amide bonds. The second-order valence-corrected chi connectivity index (χ2v) is 7.43. The smallest absolute Gasteiger partial charge is 0.256 e. The molecule has 162 valence electrons. The van der Waals surface area contributed by atoms with Gasteiger partial charge in [0.1, 0.15) is 5.82 Å². The largest absolute Gasteiger partial charge is 0.337 e. The molecule has 0 unspecified atom stereocenters. The Morgan fingerprint density at radius 1 is 0.969 bits per heavy atom. The summed E-state index contributed by atoms with van der Waals surface area (Å²) in [5.74, 6) is -0.973. The number of amides is 2. The fourth-order valence-electron chi connectivity index (χ4n) is 2.97. The highest BCUT2D eigenvalue weighted by atomic mass is 32.1. The Kier molecular flexibility index (Phi) is 7.83. The first kappa shape index (κ1) is 22.8. The molecule has 0 aliphatic carbocycles. The van der Waals surface area contributed by atoms with Crippen LogP contribution in [-0.2, 0) is 11.3 Å². The number of rotatable bonds is 6. The summed E-state index contributed by atoms with van der Waals surface area (Å²) < 4.78 is 13.0. The van der Waals surface area contributed by atoms with Crippen LogP contribution in [0.15, 0.2) is 84.9 Å². The minimum Gasteiger partial charge on any atom is -0.337 e. The first-order valence-electron chi connectivity index (χ1n) is 9.86. The van der Waals surface area contributed by atoms with E-state index in [4.69, 9.17) is 12.2 Å². The first-order chi connectivity index (χ1) is 15.4. The van der Waals surface area contributed by atoms with Crippen LogP contribution in [0.1, 0.15) is 21.5 Å². The zero-order chi connectivity index (χ0) is 22.9. The summed E-state index contributed by atoms with van der Waals surface area (Å²) in [6.07, 6.45) is 2.85. The van der Waals surface area contributed by atoms with Crippen molar-refractivity contribution < 1.29 is 14.0 Å². The maximum atomic E-state index is 13.0. The highest BCUT2D eigenvalue weighted by Gasteiger charge is 2.16. The molecule has 0 fully saturated rings. The van der Waals surface area contributed by atoms with Crippen LogP contribution in [0.3, 0.4) is 0 Å². The second-order valence-electron chi connectivity index (χ2n) is 7.02. The van der Waals surface area contributed by atoms with Gasteiger partial charge >= 0.3 is 0 Å². The summed E-state index contributed by atoms with van der Waals surface area (Å²) >= 11 is 5.23. The molecule has 0 heterocycles. The van der Waals surface area contributed by atoms with E-state index in [1.807, 2.05) is 30.3 Å². The van der Waals surface area contributed by atoms with Crippen molar-refractivity contribution in [2.75, 3.05) is 12.4 Å². The van der Waals surface area contributed by atoms with Crippen molar-refractivity contribution in [3.8, 4) is 0 Å². The molecular formula is C25H22FN3O2S. The van der Waals surface area contributed by atoms with E-state index in [1.165, 1.54) is 18.2 Å². The molecule has 5 nitrogen and oxygen atoms in total. The third-order valence-electron chi connectivity index (χ3n) is 4.55. The minimum atomic E-state index is -0.447. The van der Waals surface area contributed by atoms with Gasteiger partial charge in [-0.25, -0.2) is 4.39 Å². The number of carbonyl (C=O) groups excluding carboxylic acids is 2. The van der Waals surface area contributed by atoms with Crippen LogP contribution in [0.2, 0.25) is 0 Å². The molecule has 0 saturated carbocycles. The van der Waals surface area contributed by atoms with Crippen LogP contribution in [0.4, 0.5) is 10.1 Å². The van der Waals surface area contributed by atoms with E-state index in [0.29, 0.717) is 23.4 Å². The summed E-state index contributed by atoms with van der Waals surface area (Å²) in [5, 5.41) is 5.52. The van der Waals surface area contributed by atoms with Gasteiger partial charge in [0.2, 0.25) is 5.91 Å². The molecule has 0 saturated heterocycles. The van der Waals surface area contributed by atoms with Gasteiger partial charge in [0.15, 0.2) is 5.11 Å². The normalized spacial score (nSPS) is 10.6. The van der Waals surface area contributed by atoms with E-state index < -0.39 is 5.91 Å². The van der Waals surface area contributed by atoms with E-state index in [9.17, 15) is 14.0 Å². The Balaban J connectivity index is 1.62. The molecule has 0 aliphatic heterocycles. The summed E-state index contributed by atoms with van der Waals surface area (Å²) in [7, 11) is 1.73. The van der Waals surface area contributed by atoms with Gasteiger partial charge in [0.25, 0.3) is 5.91 Å². The molecule has 7 heteroatoms. The predicted octanol–water partition coefficient (Wildman–Crippen LogP) is 4.62. The lowest BCUT2D eigenvalue weighted by Gasteiger charge is -2.20. The quantitative estimate of drug-likeness (QED) is 0.428. The Labute approximate surface area is 191 Å². The molecule has 2 N–H and O–H groups in total. The van der Waals surface area contributed by atoms with Crippen LogP contribution < -0.4 is 10.6 Å². The van der Waals surface area contributed by atoms with Crippen molar-refractivity contribution >= 4 is 40.9 Å². The number of nitrogens with zero attached hydrogens (tertiary/aromatic N) is 1. The number of hydrogen-bond donors (Lipinski definition) is 2. The minimum absolute atomic E-state index is 0.0599. The zero-order valence-electron chi connectivity index (χ0n) is 17.4. The van der Waals surface area contributed by atoms with E-state index in [-0.39, 0.29) is 16.8 Å². The Morgan fingerprint density at radius 3 is 2.34 bits per heavy atom. The third kappa shape index (κ3) is 6.58. The molecule has 0 aromatic heterocycles. The third-order valence-corrected chi connectivity index (χ3v) is 4.75. The maximum absolute atomic E-state index is 13.0. The van der Waals surface area contributed by atoms with E-state index >= 15 is 0 Å². The van der Waals surface area contributed by atoms with Crippen molar-refractivity contribution in [1.29, 1.82) is 0 Å². The molecule has 0 atom stereocenters. The Bertz CT molecular complexity index is 1130. The number of para-hydroxylation sites is 1. The summed E-state index contributed by atoms with van der Waals surface area (Å²) in [6.45, 7) is 0.462. The van der Waals surface area contributed by atoms with Gasteiger partial charge in [0, 0.05) is 19.7 Å². The highest BCUT2D eigenvalue weighted by Crippen LogP contribution is 2.18. The number of thiocarbonyl (C=S) groups is 1. The number of carbonyl (C=O) groups is 2. The molecule has 3 rings (SSSR count). The second kappa shape index (κ2) is 11.0. The molecular weight excluding hydrogens is 425 g/mol. The fourth-order valence-corrected chi connectivity index (χ4v) is 3.18. The van der Waals surface area contributed by atoms with Crippen molar-refractivity contribution in [3.05, 3.63) is 107 Å². The predicted molar refractivity (Wildman–Crippen MR) is 128 cm³/mol. The molecule has 0 radical (unpaired) electrons. The standard InChI is InChI=1S/C25H22FN3O2S/c1-29(17-19-7-3-2-4-8-19)24(31)21-9-5-6-10-22(21)27-25(32)28-23(30)16-13-18-11-14-20(26)15-12-18/h2-16H,17H2,1H3,(H2,27,28,30,32). The van der Waals surface area contributed by atoms with Crippen molar-refractivity contribution in [1.82, 2.24) is 10.2 Å². The van der Waals surface area contributed by atoms with Crippen LogP contribution >= 0.6 is 12.2 Å². The van der Waals surface area contributed by atoms with Gasteiger partial charge in [-0.05, 0) is 53.7 Å². The van der Waals surface area contributed by atoms with Crippen molar-refractivity contribution in [2.24, 2.45) is 0 Å². The number of hydrogen-bond acceptors (Lipinski definition) is 3. The topological polar surface area (TPSA) is 61.4 Å². The summed E-state index contributed by atoms with van der Waals surface area (Å²) in [5.41, 5.74) is 2.62. The van der Waals surface area contributed by atoms with Gasteiger partial charge in [-0.15, -0.1) is 0 Å². The number of anilines is 1. The first-order valence-corrected chi connectivity index (χ1v) is 10.3. The summed E-state index contributed by atoms with van der Waals surface area (Å²) in [6, 6.07) is 22.4. The van der Waals surface area contributed by atoms with Gasteiger partial charge in [0.05, 0.1) is 11.3 Å². The van der Waals surface area contributed by atoms with Crippen molar-refractivity contribution in [3.63, 3.8) is 0 Å². The average molecular weight is 448 g/mol. The van der Waals surface area contributed by atoms with Gasteiger partial charge in [-0.1, -0.05) is 54.6 Å². The van der Waals surface area contributed by atoms with Gasteiger partial charge in [-0.2, -0.15) is 0 Å². The highest BCUT2D eigenvalue weighted by molar-refractivity contribution is 7.80. The van der Waals surface area contributed by atoms with E-state index in [1.54, 1.807) is 54.4 Å². The lowest BCUT2D eigenvalue weighted by Crippen LogP contribution is -2.34. The fraction of sp³-hybridized carbons (Fsp3) is 0.0800. The maximum Gasteiger partial charge on any atom is 0.256 e. The SMILES string of the molecule is CN(Cc1ccccc1)C(=O)c1ccccc1NC(=S)NC(=O)C=Cc1ccc(F)cc1. The van der Waals surface area contributed by atoms with E-state index in [2.05, 4.69) is 10.6 Å². The molecule has 32 heavy (non-hydrogen) atoms. The molecule has 0 aliphatic rings.